The van der Waals surface area contributed by atoms with Crippen molar-refractivity contribution >= 4 is 43.4 Å². The molecule has 0 bridgehead atoms. The predicted octanol–water partition coefficient (Wildman–Crippen LogP) is 13.6. The van der Waals surface area contributed by atoms with Gasteiger partial charge in [0.25, 0.3) is 0 Å². The third-order valence-corrected chi connectivity index (χ3v) is 10.7. The maximum Gasteiger partial charge on any atom is 0.0998 e. The fraction of sp³-hybridized carbons (Fsp3) is 0. The lowest BCUT2D eigenvalue weighted by Crippen LogP contribution is -1.94. The van der Waals surface area contributed by atoms with E-state index in [0.29, 0.717) is 5.56 Å². The van der Waals surface area contributed by atoms with Gasteiger partial charge in [-0.3, -0.25) is 0 Å². The van der Waals surface area contributed by atoms with Crippen LogP contribution < -0.4 is 0 Å². The van der Waals surface area contributed by atoms with Gasteiger partial charge >= 0.3 is 0 Å². The van der Waals surface area contributed by atoms with Crippen LogP contribution in [0.4, 0.5) is 0 Å². The fourth-order valence-electron chi connectivity index (χ4n) is 8.33. The molecule has 0 saturated carbocycles. The first-order chi connectivity index (χ1) is 26.3. The Bertz CT molecular complexity index is 2940. The number of aromatic nitrogens is 1. The molecule has 0 saturated heterocycles. The minimum Gasteiger partial charge on any atom is -0.309 e. The van der Waals surface area contributed by atoms with Crippen molar-refractivity contribution < 1.29 is 0 Å². The van der Waals surface area contributed by atoms with Gasteiger partial charge in [0, 0.05) is 22.0 Å². The van der Waals surface area contributed by atoms with E-state index in [2.05, 4.69) is 199 Å². The molecular weight excluding hydrogens is 641 g/mol. The van der Waals surface area contributed by atoms with Crippen molar-refractivity contribution in [2.24, 2.45) is 0 Å². The number of hydrogen-bond donors (Lipinski definition) is 0. The lowest BCUT2D eigenvalue weighted by atomic mass is 9.83. The van der Waals surface area contributed by atoms with E-state index in [0.717, 1.165) is 33.5 Å². The molecule has 0 fully saturated rings. The molecule has 0 atom stereocenters. The summed E-state index contributed by atoms with van der Waals surface area (Å²) in [6, 6.07) is 71.3. The van der Waals surface area contributed by atoms with Gasteiger partial charge in [0.15, 0.2) is 0 Å². The summed E-state index contributed by atoms with van der Waals surface area (Å²) in [5.41, 5.74) is 12.9. The van der Waals surface area contributed by atoms with E-state index in [-0.39, 0.29) is 0 Å². The Hall–Kier alpha value is -7.21. The molecule has 0 spiro atoms. The maximum atomic E-state index is 10.6. The van der Waals surface area contributed by atoms with Gasteiger partial charge in [-0.15, -0.1) is 0 Å². The van der Waals surface area contributed by atoms with Crippen LogP contribution in [0.25, 0.3) is 93.5 Å². The normalized spacial score (nSPS) is 11.4. The van der Waals surface area contributed by atoms with Crippen LogP contribution in [-0.4, -0.2) is 4.57 Å². The smallest absolute Gasteiger partial charge is 0.0998 e. The molecule has 2 heteroatoms. The molecule has 0 aliphatic heterocycles. The molecule has 53 heavy (non-hydrogen) atoms. The summed E-state index contributed by atoms with van der Waals surface area (Å²) in [4.78, 5) is 0. The summed E-state index contributed by atoms with van der Waals surface area (Å²) in [5, 5.41) is 17.9. The number of nitrogens with zero attached hydrogens (tertiary/aromatic N) is 2. The molecule has 9 aromatic carbocycles. The van der Waals surface area contributed by atoms with Crippen LogP contribution >= 0.6 is 0 Å². The number of fused-ring (bicyclic) bond motifs is 5. The monoisotopic (exact) mass is 672 g/mol. The number of hydrogen-bond acceptors (Lipinski definition) is 1. The Labute approximate surface area is 308 Å². The average Bonchev–Trinajstić information content (AvgIpc) is 3.57. The Morgan fingerprint density at radius 2 is 0.811 bits per heavy atom. The lowest BCUT2D eigenvalue weighted by Gasteiger charge is -2.20. The molecule has 0 N–H and O–H groups in total. The Balaban J connectivity index is 1.10. The molecule has 246 valence electrons. The highest BCUT2D eigenvalue weighted by Gasteiger charge is 2.20. The third kappa shape index (κ3) is 4.94. The highest BCUT2D eigenvalue weighted by molar-refractivity contribution is 6.22. The maximum absolute atomic E-state index is 10.6. The molecule has 1 heterocycles. The van der Waals surface area contributed by atoms with Crippen molar-refractivity contribution in [1.29, 1.82) is 5.26 Å². The van der Waals surface area contributed by atoms with Crippen molar-refractivity contribution in [2.45, 2.75) is 0 Å². The van der Waals surface area contributed by atoms with Gasteiger partial charge < -0.3 is 4.57 Å². The zero-order valence-corrected chi connectivity index (χ0v) is 28.9. The summed E-state index contributed by atoms with van der Waals surface area (Å²) in [6.45, 7) is 0. The molecule has 10 rings (SSSR count). The molecule has 0 aliphatic carbocycles. The second-order valence-corrected chi connectivity index (χ2v) is 13.5. The fourth-order valence-corrected chi connectivity index (χ4v) is 8.33. The second-order valence-electron chi connectivity index (χ2n) is 13.5. The molecular formula is C51H32N2. The third-order valence-electron chi connectivity index (χ3n) is 10.7. The summed E-state index contributed by atoms with van der Waals surface area (Å²) in [5.74, 6) is 0. The quantitative estimate of drug-likeness (QED) is 0.167. The standard InChI is InChI=1S/C51H32N2/c52-33-37-32-36(34-26-29-38(30-27-34)53-48-24-12-10-17-41(48)42-18-11-13-25-49(42)53)28-31-39(37)40-16-4-5-19-43(40)51-46-22-8-6-20-44(46)50(35-14-2-1-3-15-35)45-21-7-9-23-47(45)51/h1-32H. The molecule has 0 radical (unpaired) electrons. The van der Waals surface area contributed by atoms with Crippen molar-refractivity contribution in [1.82, 2.24) is 4.57 Å². The van der Waals surface area contributed by atoms with Gasteiger partial charge in [-0.25, -0.2) is 0 Å². The lowest BCUT2D eigenvalue weighted by molar-refractivity contribution is 1.18. The average molecular weight is 673 g/mol. The topological polar surface area (TPSA) is 28.7 Å². The summed E-state index contributed by atoms with van der Waals surface area (Å²) >= 11 is 0. The predicted molar refractivity (Wildman–Crippen MR) is 222 cm³/mol. The van der Waals surface area contributed by atoms with Crippen molar-refractivity contribution in [3.8, 4) is 56.3 Å². The van der Waals surface area contributed by atoms with E-state index in [4.69, 9.17) is 0 Å². The van der Waals surface area contributed by atoms with Crippen molar-refractivity contribution in [3.63, 3.8) is 0 Å². The van der Waals surface area contributed by atoms with Gasteiger partial charge in [0.1, 0.15) is 0 Å². The van der Waals surface area contributed by atoms with Gasteiger partial charge in [0.2, 0.25) is 0 Å². The van der Waals surface area contributed by atoms with E-state index in [1.807, 2.05) is 6.07 Å². The van der Waals surface area contributed by atoms with Gasteiger partial charge in [-0.05, 0) is 90.8 Å². The number of benzene rings is 9. The van der Waals surface area contributed by atoms with Crippen LogP contribution in [0.1, 0.15) is 5.56 Å². The molecule has 0 amide bonds. The summed E-state index contributed by atoms with van der Waals surface area (Å²) in [7, 11) is 0. The van der Waals surface area contributed by atoms with Gasteiger partial charge in [-0.1, -0.05) is 164 Å². The number of rotatable bonds is 5. The van der Waals surface area contributed by atoms with Gasteiger partial charge in [0.05, 0.1) is 22.7 Å². The minimum absolute atomic E-state index is 0.649. The molecule has 10 aromatic rings. The van der Waals surface area contributed by atoms with Crippen LogP contribution in [0, 0.1) is 11.3 Å². The van der Waals surface area contributed by atoms with Crippen molar-refractivity contribution in [2.75, 3.05) is 0 Å². The number of nitriles is 1. The van der Waals surface area contributed by atoms with E-state index >= 15 is 0 Å². The minimum atomic E-state index is 0.649. The zero-order chi connectivity index (χ0) is 35.3. The summed E-state index contributed by atoms with van der Waals surface area (Å²) in [6.07, 6.45) is 0. The van der Waals surface area contributed by atoms with Crippen LogP contribution in [0.3, 0.4) is 0 Å². The highest BCUT2D eigenvalue weighted by Crippen LogP contribution is 2.46. The van der Waals surface area contributed by atoms with E-state index in [1.165, 1.54) is 60.0 Å². The SMILES string of the molecule is N#Cc1cc(-c2ccc(-n3c4ccccc4c4ccccc43)cc2)ccc1-c1ccccc1-c1c2ccccc2c(-c2ccccc2)c2ccccc12. The Kier molecular flexibility index (Phi) is 7.23. The van der Waals surface area contributed by atoms with E-state index < -0.39 is 0 Å². The van der Waals surface area contributed by atoms with Crippen LogP contribution in [0.5, 0.6) is 0 Å². The van der Waals surface area contributed by atoms with E-state index in [9.17, 15) is 5.26 Å². The van der Waals surface area contributed by atoms with Crippen molar-refractivity contribution in [3.05, 3.63) is 200 Å². The molecule has 0 unspecified atom stereocenters. The van der Waals surface area contributed by atoms with Gasteiger partial charge in [-0.2, -0.15) is 5.26 Å². The first-order valence-electron chi connectivity index (χ1n) is 18.0. The second kappa shape index (κ2) is 12.5. The van der Waals surface area contributed by atoms with Crippen LogP contribution in [0.2, 0.25) is 0 Å². The van der Waals surface area contributed by atoms with Crippen LogP contribution in [0.15, 0.2) is 194 Å². The molecule has 0 aliphatic rings. The van der Waals surface area contributed by atoms with Crippen LogP contribution in [-0.2, 0) is 0 Å². The zero-order valence-electron chi connectivity index (χ0n) is 28.9. The first kappa shape index (κ1) is 30.6. The largest absolute Gasteiger partial charge is 0.309 e. The first-order valence-corrected chi connectivity index (χ1v) is 18.0. The van der Waals surface area contributed by atoms with E-state index in [1.54, 1.807) is 0 Å². The molecule has 2 nitrogen and oxygen atoms in total. The number of para-hydroxylation sites is 2. The highest BCUT2D eigenvalue weighted by atomic mass is 15.0. The Morgan fingerprint density at radius 1 is 0.340 bits per heavy atom. The summed E-state index contributed by atoms with van der Waals surface area (Å²) < 4.78 is 2.33. The molecule has 1 aromatic heterocycles. The Morgan fingerprint density at radius 3 is 1.40 bits per heavy atom.